The maximum absolute atomic E-state index is 12.1. The Labute approximate surface area is 156 Å². The fourth-order valence-corrected chi connectivity index (χ4v) is 3.33. The van der Waals surface area contributed by atoms with Gasteiger partial charge in [0, 0.05) is 10.1 Å². The predicted molar refractivity (Wildman–Crippen MR) is 104 cm³/mol. The number of nitrogens with one attached hydrogen (secondary N) is 2. The molecular weight excluding hydrogens is 437 g/mol. The van der Waals surface area contributed by atoms with Gasteiger partial charge in [-0.25, -0.2) is 4.98 Å². The number of halogens is 1. The largest absolute Gasteiger partial charge is 0.351 e. The lowest BCUT2D eigenvalue weighted by Gasteiger charge is -2.05. The van der Waals surface area contributed by atoms with E-state index < -0.39 is 0 Å². The van der Waals surface area contributed by atoms with Crippen LogP contribution >= 0.6 is 34.4 Å². The molecule has 3 aromatic rings. The van der Waals surface area contributed by atoms with E-state index in [1.54, 1.807) is 6.07 Å². The molecule has 0 radical (unpaired) electrons. The zero-order chi connectivity index (χ0) is 16.9. The minimum absolute atomic E-state index is 0.103. The van der Waals surface area contributed by atoms with Crippen LogP contribution in [0.2, 0.25) is 0 Å². The molecule has 2 aromatic carbocycles. The molecule has 24 heavy (non-hydrogen) atoms. The lowest BCUT2D eigenvalue weighted by atomic mass is 10.2. The number of amides is 1. The summed E-state index contributed by atoms with van der Waals surface area (Å²) in [4.78, 5) is 31.1. The number of H-pyrrole nitrogens is 1. The second kappa shape index (κ2) is 7.80. The van der Waals surface area contributed by atoms with Gasteiger partial charge in [0.15, 0.2) is 5.16 Å². The lowest BCUT2D eigenvalue weighted by molar-refractivity contribution is -0.118. The van der Waals surface area contributed by atoms with Crippen LogP contribution in [0.3, 0.4) is 0 Å². The van der Waals surface area contributed by atoms with Crippen LogP contribution < -0.4 is 10.9 Å². The van der Waals surface area contributed by atoms with Crippen LogP contribution in [0.5, 0.6) is 0 Å². The Bertz CT molecular complexity index is 928. The maximum Gasteiger partial charge on any atom is 0.259 e. The Kier molecular flexibility index (Phi) is 5.52. The number of benzene rings is 2. The number of fused-ring (bicyclic) bond motifs is 1. The molecular formula is C17H14IN3O2S. The van der Waals surface area contributed by atoms with Crippen molar-refractivity contribution in [3.63, 3.8) is 0 Å². The summed E-state index contributed by atoms with van der Waals surface area (Å²) in [7, 11) is 0. The van der Waals surface area contributed by atoms with E-state index in [0.29, 0.717) is 22.6 Å². The zero-order valence-electron chi connectivity index (χ0n) is 12.6. The standard InChI is InChI=1S/C17H14IN3O2S/c18-12-6-7-14-13(8-12)16(23)21-17(20-14)24-10-15(22)19-9-11-4-2-1-3-5-11/h1-8H,9-10H2,(H,19,22)(H,20,21,23). The Morgan fingerprint density at radius 1 is 1.21 bits per heavy atom. The second-order valence-electron chi connectivity index (χ2n) is 5.08. The van der Waals surface area contributed by atoms with Gasteiger partial charge in [-0.1, -0.05) is 42.1 Å². The maximum atomic E-state index is 12.1. The number of nitrogens with zero attached hydrogens (tertiary/aromatic N) is 1. The first-order chi connectivity index (χ1) is 11.6. The molecule has 0 aliphatic heterocycles. The van der Waals surface area contributed by atoms with E-state index >= 15 is 0 Å². The average Bonchev–Trinajstić information content (AvgIpc) is 2.60. The third-order valence-electron chi connectivity index (χ3n) is 3.32. The van der Waals surface area contributed by atoms with Crippen LogP contribution in [0.25, 0.3) is 10.9 Å². The van der Waals surface area contributed by atoms with Crippen LogP contribution in [0, 0.1) is 3.57 Å². The highest BCUT2D eigenvalue weighted by molar-refractivity contribution is 14.1. The summed E-state index contributed by atoms with van der Waals surface area (Å²) in [5.41, 5.74) is 1.49. The predicted octanol–water partition coefficient (Wildman–Crippen LogP) is 2.94. The highest BCUT2D eigenvalue weighted by atomic mass is 127. The molecule has 0 atom stereocenters. The highest BCUT2D eigenvalue weighted by Gasteiger charge is 2.08. The van der Waals surface area contributed by atoms with Crippen molar-refractivity contribution in [2.24, 2.45) is 0 Å². The Morgan fingerprint density at radius 3 is 2.79 bits per heavy atom. The van der Waals surface area contributed by atoms with Crippen LogP contribution in [0.1, 0.15) is 5.56 Å². The van der Waals surface area contributed by atoms with Crippen molar-refractivity contribution in [2.45, 2.75) is 11.7 Å². The molecule has 1 aromatic heterocycles. The van der Waals surface area contributed by atoms with Crippen molar-refractivity contribution >= 4 is 51.2 Å². The van der Waals surface area contributed by atoms with Crippen LogP contribution in [0.15, 0.2) is 58.5 Å². The minimum Gasteiger partial charge on any atom is -0.351 e. The smallest absolute Gasteiger partial charge is 0.259 e. The first kappa shape index (κ1) is 17.0. The second-order valence-corrected chi connectivity index (χ2v) is 7.29. The summed E-state index contributed by atoms with van der Waals surface area (Å²) in [6.07, 6.45) is 0. The number of aromatic amines is 1. The third-order valence-corrected chi connectivity index (χ3v) is 4.86. The SMILES string of the molecule is O=C(CSc1nc2ccc(I)cc2c(=O)[nH]1)NCc1ccccc1. The molecule has 7 heteroatoms. The minimum atomic E-state index is -0.189. The number of aromatic nitrogens is 2. The molecule has 122 valence electrons. The van der Waals surface area contributed by atoms with Gasteiger partial charge >= 0.3 is 0 Å². The normalized spacial score (nSPS) is 10.7. The number of rotatable bonds is 5. The molecule has 3 rings (SSSR count). The number of thioether (sulfide) groups is 1. The fraction of sp³-hybridized carbons (Fsp3) is 0.118. The number of hydrogen-bond donors (Lipinski definition) is 2. The summed E-state index contributed by atoms with van der Waals surface area (Å²) >= 11 is 3.37. The number of carbonyl (C=O) groups is 1. The van der Waals surface area contributed by atoms with Gasteiger partial charge in [0.1, 0.15) is 0 Å². The van der Waals surface area contributed by atoms with Crippen LogP contribution in [-0.2, 0) is 11.3 Å². The number of carbonyl (C=O) groups excluding carboxylic acids is 1. The first-order valence-corrected chi connectivity index (χ1v) is 9.31. The molecule has 0 unspecified atom stereocenters. The van der Waals surface area contributed by atoms with Crippen molar-refractivity contribution in [3.8, 4) is 0 Å². The molecule has 0 aliphatic rings. The lowest BCUT2D eigenvalue weighted by Crippen LogP contribution is -2.24. The van der Waals surface area contributed by atoms with Gasteiger partial charge in [-0.15, -0.1) is 0 Å². The first-order valence-electron chi connectivity index (χ1n) is 7.25. The van der Waals surface area contributed by atoms with Crippen molar-refractivity contribution in [1.82, 2.24) is 15.3 Å². The highest BCUT2D eigenvalue weighted by Crippen LogP contribution is 2.16. The summed E-state index contributed by atoms with van der Waals surface area (Å²) in [5, 5.41) is 3.85. The summed E-state index contributed by atoms with van der Waals surface area (Å²) in [5.74, 6) is 0.0975. The Hall–Kier alpha value is -1.87. The van der Waals surface area contributed by atoms with Gasteiger partial charge in [0.25, 0.3) is 5.56 Å². The molecule has 1 heterocycles. The Balaban J connectivity index is 1.62. The van der Waals surface area contributed by atoms with Gasteiger partial charge in [-0.2, -0.15) is 0 Å². The van der Waals surface area contributed by atoms with Crippen molar-refractivity contribution in [1.29, 1.82) is 0 Å². The molecule has 0 saturated heterocycles. The molecule has 1 amide bonds. The number of hydrogen-bond acceptors (Lipinski definition) is 4. The van der Waals surface area contributed by atoms with E-state index in [1.807, 2.05) is 42.5 Å². The third kappa shape index (κ3) is 4.35. The van der Waals surface area contributed by atoms with E-state index in [2.05, 4.69) is 37.9 Å². The average molecular weight is 451 g/mol. The molecule has 2 N–H and O–H groups in total. The van der Waals surface area contributed by atoms with Gasteiger partial charge in [-0.3, -0.25) is 9.59 Å². The van der Waals surface area contributed by atoms with Crippen molar-refractivity contribution in [2.75, 3.05) is 5.75 Å². The summed E-state index contributed by atoms with van der Waals surface area (Å²) < 4.78 is 0.980. The molecule has 0 spiro atoms. The van der Waals surface area contributed by atoms with Gasteiger partial charge in [-0.05, 0) is 46.4 Å². The quantitative estimate of drug-likeness (QED) is 0.356. The molecule has 0 fully saturated rings. The van der Waals surface area contributed by atoms with E-state index in [-0.39, 0.29) is 17.2 Å². The fourth-order valence-electron chi connectivity index (χ4n) is 2.14. The van der Waals surface area contributed by atoms with Gasteiger partial charge < -0.3 is 10.3 Å². The van der Waals surface area contributed by atoms with E-state index in [4.69, 9.17) is 0 Å². The zero-order valence-corrected chi connectivity index (χ0v) is 15.6. The van der Waals surface area contributed by atoms with Crippen LogP contribution in [0.4, 0.5) is 0 Å². The van der Waals surface area contributed by atoms with Gasteiger partial charge in [0.2, 0.25) is 5.91 Å². The van der Waals surface area contributed by atoms with Gasteiger partial charge in [0.05, 0.1) is 16.7 Å². The van der Waals surface area contributed by atoms with Crippen molar-refractivity contribution < 1.29 is 4.79 Å². The molecule has 0 saturated carbocycles. The Morgan fingerprint density at radius 2 is 2.00 bits per heavy atom. The van der Waals surface area contributed by atoms with E-state index in [0.717, 1.165) is 9.13 Å². The monoisotopic (exact) mass is 451 g/mol. The molecule has 0 bridgehead atoms. The molecule has 0 aliphatic carbocycles. The van der Waals surface area contributed by atoms with Crippen molar-refractivity contribution in [3.05, 3.63) is 68.0 Å². The summed E-state index contributed by atoms with van der Waals surface area (Å²) in [6, 6.07) is 15.2. The van der Waals surface area contributed by atoms with Crippen LogP contribution in [-0.4, -0.2) is 21.6 Å². The topological polar surface area (TPSA) is 74.8 Å². The molecule has 5 nitrogen and oxygen atoms in total. The summed E-state index contributed by atoms with van der Waals surface area (Å²) in [6.45, 7) is 0.486. The van der Waals surface area contributed by atoms with E-state index in [9.17, 15) is 9.59 Å². The van der Waals surface area contributed by atoms with E-state index in [1.165, 1.54) is 11.8 Å².